The smallest absolute Gasteiger partial charge is 0.326 e. The van der Waals surface area contributed by atoms with Gasteiger partial charge in [0.2, 0.25) is 5.91 Å². The molecule has 2 aliphatic rings. The molecule has 1 saturated heterocycles. The normalized spacial score (nSPS) is 20.7. The highest BCUT2D eigenvalue weighted by Gasteiger charge is 2.36. The van der Waals surface area contributed by atoms with E-state index in [9.17, 15) is 19.5 Å². The molecule has 0 saturated carbocycles. The number of nitrogens with zero attached hydrogens (tertiary/aromatic N) is 3. The molecule has 2 aliphatic heterocycles. The zero-order valence-electron chi connectivity index (χ0n) is 12.9. The maximum absolute atomic E-state index is 12.6. The molecule has 3 amide bonds. The summed E-state index contributed by atoms with van der Waals surface area (Å²) in [4.78, 5) is 40.4. The van der Waals surface area contributed by atoms with E-state index >= 15 is 0 Å². The topological polar surface area (TPSA) is 81.2 Å². The van der Waals surface area contributed by atoms with Crippen LogP contribution >= 0.6 is 0 Å². The Bertz CT molecular complexity index is 660. The van der Waals surface area contributed by atoms with Gasteiger partial charge in [-0.05, 0) is 11.1 Å². The molecule has 0 bridgehead atoms. The van der Waals surface area contributed by atoms with Gasteiger partial charge in [0.1, 0.15) is 12.6 Å². The minimum Gasteiger partial charge on any atom is -0.480 e. The van der Waals surface area contributed by atoms with Gasteiger partial charge in [0, 0.05) is 33.1 Å². The van der Waals surface area contributed by atoms with Crippen molar-refractivity contribution in [2.75, 3.05) is 26.7 Å². The summed E-state index contributed by atoms with van der Waals surface area (Å²) in [6.07, 6.45) is 0.297. The van der Waals surface area contributed by atoms with Crippen LogP contribution in [-0.4, -0.2) is 70.4 Å². The fourth-order valence-corrected chi connectivity index (χ4v) is 3.11. The lowest BCUT2D eigenvalue weighted by Crippen LogP contribution is -2.51. The Morgan fingerprint density at radius 3 is 2.52 bits per heavy atom. The van der Waals surface area contributed by atoms with Crippen LogP contribution in [0.5, 0.6) is 0 Å². The van der Waals surface area contributed by atoms with Crippen LogP contribution in [0, 0.1) is 0 Å². The van der Waals surface area contributed by atoms with E-state index in [1.54, 1.807) is 11.9 Å². The van der Waals surface area contributed by atoms with E-state index in [-0.39, 0.29) is 25.0 Å². The molecule has 0 radical (unpaired) electrons. The third-order valence-corrected chi connectivity index (χ3v) is 4.48. The van der Waals surface area contributed by atoms with Crippen molar-refractivity contribution in [1.29, 1.82) is 0 Å². The first-order valence-corrected chi connectivity index (χ1v) is 7.56. The zero-order valence-corrected chi connectivity index (χ0v) is 12.9. The Balaban J connectivity index is 1.78. The number of rotatable bonds is 3. The number of aliphatic carboxylic acids is 1. The fourth-order valence-electron chi connectivity index (χ4n) is 3.11. The maximum Gasteiger partial charge on any atom is 0.326 e. The van der Waals surface area contributed by atoms with Crippen LogP contribution in [0.2, 0.25) is 0 Å². The third-order valence-electron chi connectivity index (χ3n) is 4.48. The Hall–Kier alpha value is -2.57. The van der Waals surface area contributed by atoms with E-state index in [1.165, 1.54) is 9.80 Å². The zero-order chi connectivity index (χ0) is 16.6. The highest BCUT2D eigenvalue weighted by Crippen LogP contribution is 2.24. The van der Waals surface area contributed by atoms with Crippen molar-refractivity contribution in [3.63, 3.8) is 0 Å². The highest BCUT2D eigenvalue weighted by atomic mass is 16.4. The average molecular weight is 317 g/mol. The number of carbonyl (C=O) groups excluding carboxylic acids is 2. The maximum atomic E-state index is 12.6. The van der Waals surface area contributed by atoms with Gasteiger partial charge >= 0.3 is 12.0 Å². The average Bonchev–Trinajstić information content (AvgIpc) is 2.85. The number of benzene rings is 1. The molecule has 23 heavy (non-hydrogen) atoms. The van der Waals surface area contributed by atoms with E-state index in [0.717, 1.165) is 11.1 Å². The molecule has 1 aromatic carbocycles. The van der Waals surface area contributed by atoms with Crippen molar-refractivity contribution in [3.05, 3.63) is 35.4 Å². The van der Waals surface area contributed by atoms with Crippen molar-refractivity contribution < 1.29 is 19.5 Å². The molecule has 7 heteroatoms. The van der Waals surface area contributed by atoms with Crippen molar-refractivity contribution >= 4 is 17.9 Å². The van der Waals surface area contributed by atoms with Gasteiger partial charge in [-0.3, -0.25) is 4.79 Å². The quantitative estimate of drug-likeness (QED) is 0.874. The summed E-state index contributed by atoms with van der Waals surface area (Å²) in [6, 6.07) is 6.47. The second-order valence-corrected chi connectivity index (χ2v) is 5.97. The number of carboxylic acids is 1. The number of amides is 3. The molecule has 122 valence electrons. The van der Waals surface area contributed by atoms with E-state index in [0.29, 0.717) is 19.5 Å². The first-order valence-electron chi connectivity index (χ1n) is 7.56. The number of carboxylic acid groups (broad SMARTS) is 1. The molecule has 2 heterocycles. The minimum absolute atomic E-state index is 0.0743. The lowest BCUT2D eigenvalue weighted by atomic mass is 9.94. The first kappa shape index (κ1) is 15.3. The minimum atomic E-state index is -1.02. The van der Waals surface area contributed by atoms with Crippen molar-refractivity contribution in [3.8, 4) is 0 Å². The molecule has 1 aromatic rings. The highest BCUT2D eigenvalue weighted by molar-refractivity contribution is 5.88. The molecule has 1 atom stereocenters. The summed E-state index contributed by atoms with van der Waals surface area (Å²) in [5.41, 5.74) is 1.92. The molecule has 1 N–H and O–H groups in total. The number of urea groups is 1. The Labute approximate surface area is 134 Å². The Morgan fingerprint density at radius 2 is 1.91 bits per heavy atom. The summed E-state index contributed by atoms with van der Waals surface area (Å²) in [5, 5.41) is 9.46. The predicted molar refractivity (Wildman–Crippen MR) is 81.7 cm³/mol. The van der Waals surface area contributed by atoms with Crippen molar-refractivity contribution in [1.82, 2.24) is 14.7 Å². The standard InChI is InChI=1S/C16H19N3O4/c1-17-6-7-18(16(17)23)10-14(20)19-9-12-5-3-2-4-11(12)8-13(19)15(21)22/h2-5,13H,6-10H2,1H3,(H,21,22). The van der Waals surface area contributed by atoms with Crippen LogP contribution in [-0.2, 0) is 22.6 Å². The van der Waals surface area contributed by atoms with Crippen LogP contribution < -0.4 is 0 Å². The first-order chi connectivity index (χ1) is 11.0. The van der Waals surface area contributed by atoms with E-state index < -0.39 is 12.0 Å². The van der Waals surface area contributed by atoms with E-state index in [1.807, 2.05) is 24.3 Å². The summed E-state index contributed by atoms with van der Waals surface area (Å²) in [5.74, 6) is -1.34. The van der Waals surface area contributed by atoms with Gasteiger partial charge in [0.05, 0.1) is 0 Å². The number of hydrogen-bond donors (Lipinski definition) is 1. The van der Waals surface area contributed by atoms with Gasteiger partial charge in [0.15, 0.2) is 0 Å². The molecule has 0 spiro atoms. The van der Waals surface area contributed by atoms with Gasteiger partial charge in [0.25, 0.3) is 0 Å². The van der Waals surface area contributed by atoms with Crippen LogP contribution in [0.4, 0.5) is 4.79 Å². The molecule has 0 aliphatic carbocycles. The summed E-state index contributed by atoms with van der Waals surface area (Å²) < 4.78 is 0. The predicted octanol–water partition coefficient (Wildman–Crippen LogP) is 0.392. The number of fused-ring (bicyclic) bond motifs is 1. The summed E-state index contributed by atoms with van der Waals surface area (Å²) in [7, 11) is 1.68. The molecular formula is C16H19N3O4. The van der Waals surface area contributed by atoms with Gasteiger partial charge in [-0.1, -0.05) is 24.3 Å². The van der Waals surface area contributed by atoms with Crippen molar-refractivity contribution in [2.45, 2.75) is 19.0 Å². The number of likely N-dealkylation sites (N-methyl/N-ethyl adjacent to an activating group) is 1. The van der Waals surface area contributed by atoms with Crippen LogP contribution in [0.25, 0.3) is 0 Å². The molecule has 1 unspecified atom stereocenters. The van der Waals surface area contributed by atoms with Gasteiger partial charge < -0.3 is 19.8 Å². The van der Waals surface area contributed by atoms with Crippen molar-refractivity contribution in [2.24, 2.45) is 0 Å². The number of hydrogen-bond acceptors (Lipinski definition) is 3. The monoisotopic (exact) mass is 317 g/mol. The summed E-state index contributed by atoms with van der Waals surface area (Å²) in [6.45, 7) is 1.26. The third kappa shape index (κ3) is 2.86. The molecule has 1 fully saturated rings. The second-order valence-electron chi connectivity index (χ2n) is 5.97. The SMILES string of the molecule is CN1CCN(CC(=O)N2Cc3ccccc3CC2C(=O)O)C1=O. The van der Waals surface area contributed by atoms with Crippen LogP contribution in [0.1, 0.15) is 11.1 Å². The summed E-state index contributed by atoms with van der Waals surface area (Å²) >= 11 is 0. The fraction of sp³-hybridized carbons (Fsp3) is 0.438. The largest absolute Gasteiger partial charge is 0.480 e. The Morgan fingerprint density at radius 1 is 1.22 bits per heavy atom. The van der Waals surface area contributed by atoms with Crippen LogP contribution in [0.3, 0.4) is 0 Å². The Kier molecular flexibility index (Phi) is 3.94. The molecule has 7 nitrogen and oxygen atoms in total. The molecular weight excluding hydrogens is 298 g/mol. The number of carbonyl (C=O) groups is 3. The van der Waals surface area contributed by atoms with Gasteiger partial charge in [-0.2, -0.15) is 0 Å². The lowest BCUT2D eigenvalue weighted by molar-refractivity contribution is -0.151. The molecule has 0 aromatic heterocycles. The van der Waals surface area contributed by atoms with E-state index in [4.69, 9.17) is 0 Å². The van der Waals surface area contributed by atoms with Crippen LogP contribution in [0.15, 0.2) is 24.3 Å². The second kappa shape index (κ2) is 5.91. The molecule has 3 rings (SSSR count). The van der Waals surface area contributed by atoms with Gasteiger partial charge in [-0.15, -0.1) is 0 Å². The van der Waals surface area contributed by atoms with Gasteiger partial charge in [-0.25, -0.2) is 9.59 Å². The lowest BCUT2D eigenvalue weighted by Gasteiger charge is -2.35. The van der Waals surface area contributed by atoms with E-state index in [2.05, 4.69) is 0 Å².